The van der Waals surface area contributed by atoms with Gasteiger partial charge in [0.1, 0.15) is 11.9 Å². The number of hydrogen-bond donors (Lipinski definition) is 1. The lowest BCUT2D eigenvalue weighted by Crippen LogP contribution is -1.99. The van der Waals surface area contributed by atoms with E-state index in [0.717, 1.165) is 16.7 Å². The number of ether oxygens (including phenoxy) is 1. The first kappa shape index (κ1) is 14.1. The van der Waals surface area contributed by atoms with Crippen LogP contribution in [0.25, 0.3) is 0 Å². The van der Waals surface area contributed by atoms with E-state index in [2.05, 4.69) is 4.98 Å². The third-order valence-electron chi connectivity index (χ3n) is 3.22. The average Bonchev–Trinajstić information content (AvgIpc) is 2.79. The van der Waals surface area contributed by atoms with E-state index in [0.29, 0.717) is 17.3 Å². The van der Waals surface area contributed by atoms with Gasteiger partial charge in [-0.1, -0.05) is 23.7 Å². The van der Waals surface area contributed by atoms with Gasteiger partial charge < -0.3 is 9.84 Å². The summed E-state index contributed by atoms with van der Waals surface area (Å²) in [6.45, 7) is 2.20. The third-order valence-corrected chi connectivity index (χ3v) is 3.48. The molecule has 0 aliphatic carbocycles. The molecule has 1 aromatic heterocycles. The Labute approximate surface area is 122 Å². The smallest absolute Gasteiger partial charge is 0.142 e. The summed E-state index contributed by atoms with van der Waals surface area (Å²) in [6.07, 6.45) is 1.60. The summed E-state index contributed by atoms with van der Waals surface area (Å²) in [5.74, 6) is 0.240. The average molecular weight is 304 g/mol. The molecule has 1 unspecified atom stereocenters. The molecule has 0 saturated carbocycles. The minimum absolute atomic E-state index is 0. The third kappa shape index (κ3) is 2.41. The van der Waals surface area contributed by atoms with Crippen molar-refractivity contribution in [1.29, 1.82) is 0 Å². The molecule has 0 amide bonds. The van der Waals surface area contributed by atoms with Crippen molar-refractivity contribution < 1.29 is 9.84 Å². The van der Waals surface area contributed by atoms with Gasteiger partial charge in [-0.3, -0.25) is 4.98 Å². The number of hydrogen-bond acceptors (Lipinski definition) is 3. The van der Waals surface area contributed by atoms with Crippen LogP contribution in [0.3, 0.4) is 0 Å². The van der Waals surface area contributed by atoms with Gasteiger partial charge in [-0.05, 0) is 24.6 Å². The molecule has 0 bridgehead atoms. The Balaban J connectivity index is 0.00000133. The van der Waals surface area contributed by atoms with Crippen LogP contribution in [0.15, 0.2) is 30.5 Å². The van der Waals surface area contributed by atoms with Crippen molar-refractivity contribution in [2.24, 2.45) is 0 Å². The number of pyridine rings is 1. The molecule has 19 heavy (non-hydrogen) atoms. The molecule has 100 valence electrons. The van der Waals surface area contributed by atoms with Gasteiger partial charge in [-0.2, -0.15) is 0 Å². The number of benzene rings is 1. The van der Waals surface area contributed by atoms with E-state index in [4.69, 9.17) is 16.3 Å². The second-order valence-electron chi connectivity index (χ2n) is 4.37. The number of halogens is 2. The minimum Gasteiger partial charge on any atom is -0.506 e. The quantitative estimate of drug-likeness (QED) is 0.871. The van der Waals surface area contributed by atoms with Crippen molar-refractivity contribution in [3.8, 4) is 5.75 Å². The van der Waals surface area contributed by atoms with Crippen molar-refractivity contribution >= 4 is 24.0 Å². The van der Waals surface area contributed by atoms with E-state index in [9.17, 15) is 5.11 Å². The Hall–Kier alpha value is -1.29. The van der Waals surface area contributed by atoms with E-state index < -0.39 is 0 Å². The molecule has 1 aliphatic heterocycles. The summed E-state index contributed by atoms with van der Waals surface area (Å²) in [6, 6.07) is 7.53. The van der Waals surface area contributed by atoms with Crippen LogP contribution in [-0.2, 0) is 11.3 Å². The highest BCUT2D eigenvalue weighted by atomic mass is 35.5. The number of aromatic nitrogens is 1. The second-order valence-corrected chi connectivity index (χ2v) is 4.81. The van der Waals surface area contributed by atoms with Crippen LogP contribution in [0.5, 0.6) is 5.75 Å². The maximum Gasteiger partial charge on any atom is 0.142 e. The first-order valence-electron chi connectivity index (χ1n) is 5.71. The Morgan fingerprint density at radius 1 is 1.32 bits per heavy atom. The highest BCUT2D eigenvalue weighted by Gasteiger charge is 2.28. The van der Waals surface area contributed by atoms with E-state index in [1.807, 2.05) is 24.3 Å². The molecule has 0 spiro atoms. The van der Waals surface area contributed by atoms with Crippen LogP contribution in [0.1, 0.15) is 28.5 Å². The van der Waals surface area contributed by atoms with Gasteiger partial charge in [0.2, 0.25) is 0 Å². The van der Waals surface area contributed by atoms with Gasteiger partial charge in [-0.15, -0.1) is 12.4 Å². The van der Waals surface area contributed by atoms with Crippen molar-refractivity contribution in [2.45, 2.75) is 19.6 Å². The summed E-state index contributed by atoms with van der Waals surface area (Å²) in [4.78, 5) is 4.19. The molecular formula is C14H13Cl2NO2. The fraction of sp³-hybridized carbons (Fsp3) is 0.214. The van der Waals surface area contributed by atoms with Crippen LogP contribution < -0.4 is 0 Å². The number of aromatic hydroxyl groups is 1. The van der Waals surface area contributed by atoms with Gasteiger partial charge in [0.05, 0.1) is 12.3 Å². The monoisotopic (exact) mass is 303 g/mol. The SMILES string of the molecule is Cc1ncc2c(c1O)COC2[13c]1[13cH][13cH][13c](Cl)[13cH][13cH]1.Cl. The van der Waals surface area contributed by atoms with Crippen LogP contribution in [0, 0.1) is 6.92 Å². The Morgan fingerprint density at radius 3 is 2.68 bits per heavy atom. The summed E-state index contributed by atoms with van der Waals surface area (Å²) in [5.41, 5.74) is 3.42. The molecule has 5 heteroatoms. The van der Waals surface area contributed by atoms with E-state index in [-0.39, 0.29) is 24.3 Å². The molecule has 1 N–H and O–H groups in total. The summed E-state index contributed by atoms with van der Waals surface area (Å²) in [7, 11) is 0. The fourth-order valence-electron chi connectivity index (χ4n) is 2.21. The molecular weight excluding hydrogens is 291 g/mol. The Morgan fingerprint density at radius 2 is 2.00 bits per heavy atom. The molecule has 2 aromatic rings. The second kappa shape index (κ2) is 5.37. The summed E-state index contributed by atoms with van der Waals surface area (Å²) >= 11 is 5.87. The van der Waals surface area contributed by atoms with Crippen LogP contribution in [0.4, 0.5) is 0 Å². The van der Waals surface area contributed by atoms with Crippen LogP contribution in [0.2, 0.25) is 5.02 Å². The molecule has 3 rings (SSSR count). The predicted octanol–water partition coefficient (Wildman–Crippen LogP) is 3.79. The molecule has 0 radical (unpaired) electrons. The van der Waals surface area contributed by atoms with Crippen molar-refractivity contribution in [3.05, 3.63) is 57.9 Å². The van der Waals surface area contributed by atoms with Gasteiger partial charge in [0.25, 0.3) is 0 Å². The molecule has 0 fully saturated rings. The fourth-order valence-corrected chi connectivity index (χ4v) is 2.33. The van der Waals surface area contributed by atoms with E-state index in [1.54, 1.807) is 13.1 Å². The van der Waals surface area contributed by atoms with Gasteiger partial charge >= 0.3 is 0 Å². The summed E-state index contributed by atoms with van der Waals surface area (Å²) in [5, 5.41) is 10.7. The highest BCUT2D eigenvalue weighted by molar-refractivity contribution is 6.30. The van der Waals surface area contributed by atoms with Gasteiger partial charge in [0.15, 0.2) is 0 Å². The molecule has 0 saturated heterocycles. The molecule has 3 nitrogen and oxygen atoms in total. The zero-order chi connectivity index (χ0) is 12.7. The molecule has 1 aliphatic rings. The minimum atomic E-state index is -0.170. The van der Waals surface area contributed by atoms with E-state index in [1.165, 1.54) is 0 Å². The first-order chi connectivity index (χ1) is 8.66. The van der Waals surface area contributed by atoms with E-state index >= 15 is 0 Å². The van der Waals surface area contributed by atoms with Crippen LogP contribution in [-0.4, -0.2) is 10.1 Å². The number of rotatable bonds is 1. The molecule has 1 atom stereocenters. The predicted molar refractivity (Wildman–Crippen MR) is 76.0 cm³/mol. The highest BCUT2D eigenvalue weighted by Crippen LogP contribution is 2.40. The molecule has 2 heterocycles. The summed E-state index contributed by atoms with van der Waals surface area (Å²) < 4.78 is 5.74. The Bertz CT molecular complexity index is 599. The topological polar surface area (TPSA) is 42.4 Å². The first-order valence-corrected chi connectivity index (χ1v) is 6.09. The van der Waals surface area contributed by atoms with Crippen LogP contribution >= 0.6 is 24.0 Å². The van der Waals surface area contributed by atoms with Crippen molar-refractivity contribution in [1.82, 2.24) is 4.98 Å². The maximum atomic E-state index is 9.96. The number of aryl methyl sites for hydroxylation is 1. The molecule has 1 aromatic carbocycles. The number of nitrogens with zero attached hydrogens (tertiary/aromatic N) is 1. The zero-order valence-electron chi connectivity index (χ0n) is 10.3. The Kier molecular flexibility index (Phi) is 3.99. The van der Waals surface area contributed by atoms with Gasteiger partial charge in [-0.25, -0.2) is 0 Å². The maximum absolute atomic E-state index is 9.96. The lowest BCUT2D eigenvalue weighted by Gasteiger charge is -2.11. The lowest BCUT2D eigenvalue weighted by atomic mass is 10.1. The number of fused-ring (bicyclic) bond motifs is 1. The standard InChI is InChI=1S/C14H12ClNO2.ClH/c1-8-13(17)12-7-18-14(11(12)6-16-8)9-2-4-10(15)5-3-9;/h2-6,14,17H,7H2,1H3;1H/i2+1,3+1,4+1,5+1,9+1,10+1;. The lowest BCUT2D eigenvalue weighted by molar-refractivity contribution is 0.0932. The largest absolute Gasteiger partial charge is 0.506 e. The van der Waals surface area contributed by atoms with Crippen molar-refractivity contribution in [3.63, 3.8) is 0 Å². The normalized spacial score (nSPS) is 16.8. The zero-order valence-corrected chi connectivity index (χ0v) is 11.8. The van der Waals surface area contributed by atoms with Gasteiger partial charge in [0, 0.05) is 22.3 Å². The van der Waals surface area contributed by atoms with Crippen molar-refractivity contribution in [2.75, 3.05) is 0 Å².